The molecule has 0 aliphatic carbocycles. The number of carbonyl (C=O) groups excluding carboxylic acids is 1. The van der Waals surface area contributed by atoms with Crippen LogP contribution in [0.15, 0.2) is 53.2 Å². The molecule has 2 aromatic rings. The Morgan fingerprint density at radius 1 is 1.00 bits per heavy atom. The summed E-state index contributed by atoms with van der Waals surface area (Å²) in [6, 6.07) is 12.2. The van der Waals surface area contributed by atoms with E-state index >= 15 is 0 Å². The van der Waals surface area contributed by atoms with Gasteiger partial charge in [-0.25, -0.2) is 4.99 Å². The molecule has 1 heterocycles. The molecule has 0 saturated carbocycles. The molecule has 0 spiro atoms. The first-order chi connectivity index (χ1) is 11.0. The summed E-state index contributed by atoms with van der Waals surface area (Å²) in [5.41, 5.74) is 1.53. The van der Waals surface area contributed by atoms with E-state index < -0.39 is 0 Å². The van der Waals surface area contributed by atoms with Crippen molar-refractivity contribution in [1.82, 2.24) is 5.32 Å². The Labute approximate surface area is 147 Å². The maximum atomic E-state index is 12.0. The standard InChI is InChI=1S/C16H10Cl3N3O/c17-9-4-6-10(7-5-9)20-16-21-14(15(23)22-16)8-11-12(18)2-1-3-13(11)19/h1-8H,(H2,20,21,22,23)/b14-8-. The van der Waals surface area contributed by atoms with Crippen LogP contribution in [-0.4, -0.2) is 11.9 Å². The molecule has 0 unspecified atom stereocenters. The molecule has 0 radical (unpaired) electrons. The van der Waals surface area contributed by atoms with Crippen LogP contribution in [-0.2, 0) is 4.79 Å². The predicted octanol–water partition coefficient (Wildman–Crippen LogP) is 4.59. The van der Waals surface area contributed by atoms with Gasteiger partial charge in [0.15, 0.2) is 0 Å². The topological polar surface area (TPSA) is 53.5 Å². The molecule has 0 fully saturated rings. The van der Waals surface area contributed by atoms with E-state index in [0.717, 1.165) is 5.69 Å². The number of nitrogens with one attached hydrogen (secondary N) is 2. The molecule has 0 saturated heterocycles. The van der Waals surface area contributed by atoms with Crippen molar-refractivity contribution < 1.29 is 4.79 Å². The van der Waals surface area contributed by atoms with E-state index in [4.69, 9.17) is 34.8 Å². The average molecular weight is 367 g/mol. The lowest BCUT2D eigenvalue weighted by atomic mass is 10.2. The lowest BCUT2D eigenvalue weighted by Crippen LogP contribution is -2.29. The number of amides is 1. The molecule has 2 N–H and O–H groups in total. The SMILES string of the molecule is O=C1NC(Nc2ccc(Cl)cc2)=N/C1=C\c1c(Cl)cccc1Cl. The number of nitrogens with zero attached hydrogens (tertiary/aromatic N) is 1. The molecule has 23 heavy (non-hydrogen) atoms. The van der Waals surface area contributed by atoms with Gasteiger partial charge in [0.05, 0.1) is 0 Å². The summed E-state index contributed by atoms with van der Waals surface area (Å²) in [6.45, 7) is 0. The summed E-state index contributed by atoms with van der Waals surface area (Å²) in [6.07, 6.45) is 1.55. The first-order valence-electron chi connectivity index (χ1n) is 6.61. The van der Waals surface area contributed by atoms with Gasteiger partial charge in [-0.2, -0.15) is 0 Å². The number of carbonyl (C=O) groups is 1. The quantitative estimate of drug-likeness (QED) is 0.764. The van der Waals surface area contributed by atoms with E-state index in [1.165, 1.54) is 0 Å². The maximum Gasteiger partial charge on any atom is 0.276 e. The monoisotopic (exact) mass is 365 g/mol. The van der Waals surface area contributed by atoms with Crippen LogP contribution >= 0.6 is 34.8 Å². The van der Waals surface area contributed by atoms with Gasteiger partial charge in [0.2, 0.25) is 5.96 Å². The Balaban J connectivity index is 1.86. The zero-order valence-electron chi connectivity index (χ0n) is 11.6. The van der Waals surface area contributed by atoms with Crippen molar-refractivity contribution in [2.24, 2.45) is 4.99 Å². The fourth-order valence-corrected chi connectivity index (χ4v) is 2.62. The van der Waals surface area contributed by atoms with E-state index in [1.54, 1.807) is 48.5 Å². The predicted molar refractivity (Wildman–Crippen MR) is 95.1 cm³/mol. The summed E-state index contributed by atoms with van der Waals surface area (Å²) < 4.78 is 0. The second kappa shape index (κ2) is 6.62. The molecule has 4 nitrogen and oxygen atoms in total. The van der Waals surface area contributed by atoms with E-state index in [1.807, 2.05) is 0 Å². The zero-order chi connectivity index (χ0) is 16.4. The molecule has 0 aromatic heterocycles. The van der Waals surface area contributed by atoms with Crippen molar-refractivity contribution >= 4 is 58.4 Å². The lowest BCUT2D eigenvalue weighted by Gasteiger charge is -2.04. The third-order valence-electron chi connectivity index (χ3n) is 3.08. The van der Waals surface area contributed by atoms with Crippen LogP contribution in [0, 0.1) is 0 Å². The third-order valence-corrected chi connectivity index (χ3v) is 4.00. The molecular formula is C16H10Cl3N3O. The normalized spacial score (nSPS) is 15.5. The Morgan fingerprint density at radius 2 is 1.65 bits per heavy atom. The average Bonchev–Trinajstić information content (AvgIpc) is 2.85. The minimum atomic E-state index is -0.336. The highest BCUT2D eigenvalue weighted by atomic mass is 35.5. The number of guanidine groups is 1. The number of halogens is 3. The molecule has 1 aliphatic rings. The number of hydrogen-bond donors (Lipinski definition) is 2. The fourth-order valence-electron chi connectivity index (χ4n) is 1.98. The number of aliphatic imine (C=N–C) groups is 1. The number of hydrogen-bond acceptors (Lipinski definition) is 3. The van der Waals surface area contributed by atoms with Gasteiger partial charge in [-0.3, -0.25) is 10.1 Å². The Bertz CT molecular complexity index is 809. The highest BCUT2D eigenvalue weighted by Crippen LogP contribution is 2.27. The third kappa shape index (κ3) is 3.67. The van der Waals surface area contributed by atoms with Crippen molar-refractivity contribution in [1.29, 1.82) is 0 Å². The summed E-state index contributed by atoms with van der Waals surface area (Å²) in [7, 11) is 0. The van der Waals surface area contributed by atoms with E-state index in [2.05, 4.69) is 15.6 Å². The second-order valence-electron chi connectivity index (χ2n) is 4.71. The molecular weight excluding hydrogens is 357 g/mol. The van der Waals surface area contributed by atoms with Crippen molar-refractivity contribution in [2.75, 3.05) is 5.32 Å². The van der Waals surface area contributed by atoms with Crippen molar-refractivity contribution in [2.45, 2.75) is 0 Å². The molecule has 1 aliphatic heterocycles. The molecule has 7 heteroatoms. The first-order valence-corrected chi connectivity index (χ1v) is 7.74. The Kier molecular flexibility index (Phi) is 4.57. The highest BCUT2D eigenvalue weighted by Gasteiger charge is 2.21. The summed E-state index contributed by atoms with van der Waals surface area (Å²) in [4.78, 5) is 16.2. The van der Waals surface area contributed by atoms with Crippen LogP contribution in [0.5, 0.6) is 0 Å². The van der Waals surface area contributed by atoms with E-state index in [9.17, 15) is 4.79 Å². The van der Waals surface area contributed by atoms with E-state index in [-0.39, 0.29) is 11.6 Å². The summed E-state index contributed by atoms with van der Waals surface area (Å²) in [5, 5.41) is 7.16. The first kappa shape index (κ1) is 15.9. The number of anilines is 1. The van der Waals surface area contributed by atoms with Crippen LogP contribution in [0.3, 0.4) is 0 Å². The minimum absolute atomic E-state index is 0.219. The summed E-state index contributed by atoms with van der Waals surface area (Å²) in [5.74, 6) is -0.0100. The fraction of sp³-hybridized carbons (Fsp3) is 0. The molecule has 0 atom stereocenters. The largest absolute Gasteiger partial charge is 0.326 e. The smallest absolute Gasteiger partial charge is 0.276 e. The molecule has 3 rings (SSSR count). The number of benzene rings is 2. The zero-order valence-corrected chi connectivity index (χ0v) is 13.9. The van der Waals surface area contributed by atoms with Gasteiger partial charge in [-0.1, -0.05) is 40.9 Å². The van der Waals surface area contributed by atoms with Gasteiger partial charge in [-0.05, 0) is 42.5 Å². The maximum absolute atomic E-state index is 12.0. The van der Waals surface area contributed by atoms with Gasteiger partial charge < -0.3 is 5.32 Å². The van der Waals surface area contributed by atoms with Crippen molar-refractivity contribution in [3.63, 3.8) is 0 Å². The lowest BCUT2D eigenvalue weighted by molar-refractivity contribution is -0.115. The Morgan fingerprint density at radius 3 is 2.30 bits per heavy atom. The Hall–Kier alpha value is -2.01. The van der Waals surface area contributed by atoms with Crippen LogP contribution in [0.4, 0.5) is 5.69 Å². The van der Waals surface area contributed by atoms with Gasteiger partial charge >= 0.3 is 0 Å². The van der Waals surface area contributed by atoms with Crippen molar-refractivity contribution in [3.8, 4) is 0 Å². The van der Waals surface area contributed by atoms with Gasteiger partial charge in [0.25, 0.3) is 5.91 Å². The van der Waals surface area contributed by atoms with Crippen LogP contribution in [0.25, 0.3) is 6.08 Å². The number of rotatable bonds is 2. The molecule has 2 aromatic carbocycles. The summed E-state index contributed by atoms with van der Waals surface area (Å²) >= 11 is 18.0. The van der Waals surface area contributed by atoms with Crippen LogP contribution in [0.2, 0.25) is 15.1 Å². The van der Waals surface area contributed by atoms with Gasteiger partial charge in [-0.15, -0.1) is 0 Å². The van der Waals surface area contributed by atoms with Crippen molar-refractivity contribution in [3.05, 3.63) is 68.8 Å². The highest BCUT2D eigenvalue weighted by molar-refractivity contribution is 6.37. The molecule has 116 valence electrons. The van der Waals surface area contributed by atoms with Crippen LogP contribution < -0.4 is 10.6 Å². The van der Waals surface area contributed by atoms with Gasteiger partial charge in [0, 0.05) is 26.3 Å². The minimum Gasteiger partial charge on any atom is -0.326 e. The van der Waals surface area contributed by atoms with Crippen LogP contribution in [0.1, 0.15) is 5.56 Å². The van der Waals surface area contributed by atoms with E-state index in [0.29, 0.717) is 26.6 Å². The second-order valence-corrected chi connectivity index (χ2v) is 5.96. The molecule has 1 amide bonds. The van der Waals surface area contributed by atoms with Gasteiger partial charge in [0.1, 0.15) is 5.70 Å². The molecule has 0 bridgehead atoms.